The Balaban J connectivity index is 1.65. The Kier molecular flexibility index (Phi) is 4.87. The number of methoxy groups -OCH3 is 2. The van der Waals surface area contributed by atoms with Crippen LogP contribution < -0.4 is 20.5 Å². The standard InChI is InChI=1S/C24H20N6O2/c1-31-22-8-18-17-7-20(30-24(25)19(17)13-28-21(18)9-23(22)32-2)14-6-16(12-27-10-14)29-15-4-3-5-26-11-15/h3-13,29H,1-2H3,(H2,25,30). The second-order valence-corrected chi connectivity index (χ2v) is 7.17. The minimum atomic E-state index is 0.396. The van der Waals surface area contributed by atoms with Crippen LogP contribution in [0.1, 0.15) is 0 Å². The van der Waals surface area contributed by atoms with Crippen molar-refractivity contribution in [3.05, 3.63) is 67.4 Å². The number of hydrogen-bond acceptors (Lipinski definition) is 8. The second-order valence-electron chi connectivity index (χ2n) is 7.17. The Hall–Kier alpha value is -4.46. The summed E-state index contributed by atoms with van der Waals surface area (Å²) in [5.74, 6) is 1.63. The molecule has 1 aromatic carbocycles. The smallest absolute Gasteiger partial charge is 0.162 e. The lowest BCUT2D eigenvalue weighted by Gasteiger charge is -2.12. The average Bonchev–Trinajstić information content (AvgIpc) is 2.83. The number of nitrogens with zero attached hydrogens (tertiary/aromatic N) is 4. The Morgan fingerprint density at radius 1 is 0.812 bits per heavy atom. The van der Waals surface area contributed by atoms with E-state index in [0.717, 1.165) is 38.6 Å². The zero-order valence-corrected chi connectivity index (χ0v) is 17.5. The second kappa shape index (κ2) is 7.99. The lowest BCUT2D eigenvalue weighted by atomic mass is 10.0. The molecule has 5 rings (SSSR count). The maximum atomic E-state index is 6.32. The van der Waals surface area contributed by atoms with Crippen LogP contribution in [0.25, 0.3) is 32.9 Å². The summed E-state index contributed by atoms with van der Waals surface area (Å²) in [6, 6.07) is 11.5. The molecule has 0 amide bonds. The molecule has 5 aromatic rings. The number of nitrogen functional groups attached to an aromatic ring is 1. The molecule has 0 saturated heterocycles. The van der Waals surface area contributed by atoms with Crippen LogP contribution >= 0.6 is 0 Å². The third kappa shape index (κ3) is 3.47. The van der Waals surface area contributed by atoms with E-state index in [1.54, 1.807) is 45.2 Å². The van der Waals surface area contributed by atoms with Crippen LogP contribution in [0.5, 0.6) is 11.5 Å². The van der Waals surface area contributed by atoms with Gasteiger partial charge in [0.05, 0.1) is 49.2 Å². The summed E-state index contributed by atoms with van der Waals surface area (Å²) in [4.78, 5) is 17.6. The predicted molar refractivity (Wildman–Crippen MR) is 125 cm³/mol. The van der Waals surface area contributed by atoms with Gasteiger partial charge in [-0.3, -0.25) is 15.0 Å². The van der Waals surface area contributed by atoms with Gasteiger partial charge in [-0.1, -0.05) is 0 Å². The SMILES string of the molecule is COc1cc2ncc3c(N)nc(-c4cncc(Nc5cccnc5)c4)cc3c2cc1OC. The fourth-order valence-corrected chi connectivity index (χ4v) is 3.66. The zero-order valence-electron chi connectivity index (χ0n) is 17.5. The lowest BCUT2D eigenvalue weighted by Crippen LogP contribution is -1.98. The molecule has 0 aliphatic rings. The number of benzene rings is 1. The van der Waals surface area contributed by atoms with Crippen molar-refractivity contribution in [2.75, 3.05) is 25.3 Å². The van der Waals surface area contributed by atoms with Gasteiger partial charge < -0.3 is 20.5 Å². The van der Waals surface area contributed by atoms with Crippen molar-refractivity contribution in [3.8, 4) is 22.8 Å². The molecule has 0 atom stereocenters. The van der Waals surface area contributed by atoms with Gasteiger partial charge in [-0.15, -0.1) is 0 Å². The number of nitrogens with one attached hydrogen (secondary N) is 1. The van der Waals surface area contributed by atoms with E-state index in [2.05, 4.69) is 25.3 Å². The van der Waals surface area contributed by atoms with Crippen molar-refractivity contribution in [1.29, 1.82) is 0 Å². The molecule has 4 aromatic heterocycles. The Morgan fingerprint density at radius 2 is 1.62 bits per heavy atom. The van der Waals surface area contributed by atoms with Crippen LogP contribution in [0.3, 0.4) is 0 Å². The van der Waals surface area contributed by atoms with E-state index < -0.39 is 0 Å². The van der Waals surface area contributed by atoms with Crippen molar-refractivity contribution in [1.82, 2.24) is 19.9 Å². The van der Waals surface area contributed by atoms with E-state index >= 15 is 0 Å². The molecule has 8 nitrogen and oxygen atoms in total. The summed E-state index contributed by atoms with van der Waals surface area (Å²) in [5, 5.41) is 5.89. The zero-order chi connectivity index (χ0) is 22.1. The first-order valence-electron chi connectivity index (χ1n) is 9.89. The van der Waals surface area contributed by atoms with Crippen molar-refractivity contribution in [3.63, 3.8) is 0 Å². The van der Waals surface area contributed by atoms with Gasteiger partial charge in [0.15, 0.2) is 11.5 Å². The molecule has 0 spiro atoms. The van der Waals surface area contributed by atoms with Gasteiger partial charge >= 0.3 is 0 Å². The van der Waals surface area contributed by atoms with Gasteiger partial charge in [-0.05, 0) is 35.7 Å². The lowest BCUT2D eigenvalue weighted by molar-refractivity contribution is 0.356. The minimum absolute atomic E-state index is 0.396. The first-order valence-corrected chi connectivity index (χ1v) is 9.89. The normalized spacial score (nSPS) is 10.9. The maximum Gasteiger partial charge on any atom is 0.162 e. The van der Waals surface area contributed by atoms with Gasteiger partial charge in [0.1, 0.15) is 5.82 Å². The Bertz CT molecular complexity index is 1440. The molecule has 0 saturated carbocycles. The number of ether oxygens (including phenoxy) is 2. The maximum absolute atomic E-state index is 6.32. The van der Waals surface area contributed by atoms with Crippen LogP contribution in [0.4, 0.5) is 17.2 Å². The predicted octanol–water partition coefficient (Wildman–Crippen LogP) is 4.58. The molecular formula is C24H20N6O2. The van der Waals surface area contributed by atoms with E-state index in [1.807, 2.05) is 36.4 Å². The third-order valence-corrected chi connectivity index (χ3v) is 5.20. The summed E-state index contributed by atoms with van der Waals surface area (Å²) in [6.45, 7) is 0. The molecule has 0 unspecified atom stereocenters. The number of pyridine rings is 4. The summed E-state index contributed by atoms with van der Waals surface area (Å²) in [5.41, 5.74) is 10.3. The average molecular weight is 424 g/mol. The van der Waals surface area contributed by atoms with Gasteiger partial charge in [-0.25, -0.2) is 4.98 Å². The van der Waals surface area contributed by atoms with Crippen LogP contribution in [-0.2, 0) is 0 Å². The summed E-state index contributed by atoms with van der Waals surface area (Å²) < 4.78 is 10.9. The number of anilines is 3. The van der Waals surface area contributed by atoms with Crippen molar-refractivity contribution in [2.24, 2.45) is 0 Å². The first kappa shape index (κ1) is 19.5. The fraction of sp³-hybridized carbons (Fsp3) is 0.0833. The molecular weight excluding hydrogens is 404 g/mol. The number of hydrogen-bond donors (Lipinski definition) is 2. The topological polar surface area (TPSA) is 108 Å². The monoisotopic (exact) mass is 424 g/mol. The molecule has 0 aliphatic carbocycles. The van der Waals surface area contributed by atoms with E-state index in [4.69, 9.17) is 15.2 Å². The molecule has 4 heterocycles. The number of fused-ring (bicyclic) bond motifs is 3. The summed E-state index contributed by atoms with van der Waals surface area (Å²) >= 11 is 0. The largest absolute Gasteiger partial charge is 0.493 e. The highest BCUT2D eigenvalue weighted by molar-refractivity contribution is 6.10. The molecule has 0 aliphatic heterocycles. The fourth-order valence-electron chi connectivity index (χ4n) is 3.66. The van der Waals surface area contributed by atoms with E-state index in [-0.39, 0.29) is 0 Å². The van der Waals surface area contributed by atoms with Gasteiger partial charge in [0.2, 0.25) is 0 Å². The third-order valence-electron chi connectivity index (χ3n) is 5.20. The number of nitrogens with two attached hydrogens (primary N) is 1. The van der Waals surface area contributed by atoms with Gasteiger partial charge in [0.25, 0.3) is 0 Å². The molecule has 32 heavy (non-hydrogen) atoms. The van der Waals surface area contributed by atoms with Gasteiger partial charge in [-0.2, -0.15) is 0 Å². The van der Waals surface area contributed by atoms with Crippen molar-refractivity contribution < 1.29 is 9.47 Å². The Labute approximate surface area is 184 Å². The van der Waals surface area contributed by atoms with Crippen molar-refractivity contribution in [2.45, 2.75) is 0 Å². The van der Waals surface area contributed by atoms with Crippen LogP contribution in [0.15, 0.2) is 67.4 Å². The van der Waals surface area contributed by atoms with Gasteiger partial charge in [0, 0.05) is 41.0 Å². The van der Waals surface area contributed by atoms with E-state index in [0.29, 0.717) is 23.0 Å². The van der Waals surface area contributed by atoms with Crippen LogP contribution in [-0.4, -0.2) is 34.2 Å². The van der Waals surface area contributed by atoms with Crippen LogP contribution in [0.2, 0.25) is 0 Å². The molecule has 158 valence electrons. The minimum Gasteiger partial charge on any atom is -0.493 e. The van der Waals surface area contributed by atoms with E-state index in [9.17, 15) is 0 Å². The Morgan fingerprint density at radius 3 is 2.41 bits per heavy atom. The molecule has 0 bridgehead atoms. The molecule has 3 N–H and O–H groups in total. The molecule has 8 heteroatoms. The quantitative estimate of drug-likeness (QED) is 0.395. The first-order chi connectivity index (χ1) is 15.7. The number of aromatic nitrogens is 4. The highest BCUT2D eigenvalue weighted by Gasteiger charge is 2.13. The summed E-state index contributed by atoms with van der Waals surface area (Å²) in [6.07, 6.45) is 8.71. The van der Waals surface area contributed by atoms with Crippen LogP contribution in [0, 0.1) is 0 Å². The molecule has 0 radical (unpaired) electrons. The number of rotatable bonds is 5. The highest BCUT2D eigenvalue weighted by Crippen LogP contribution is 2.37. The molecule has 0 fully saturated rings. The van der Waals surface area contributed by atoms with Crippen molar-refractivity contribution >= 4 is 38.9 Å². The highest BCUT2D eigenvalue weighted by atomic mass is 16.5. The van der Waals surface area contributed by atoms with E-state index in [1.165, 1.54) is 0 Å². The summed E-state index contributed by atoms with van der Waals surface area (Å²) in [7, 11) is 3.21.